The molecular weight excluding hydrogens is 200 g/mol. The van der Waals surface area contributed by atoms with Gasteiger partial charge in [0.05, 0.1) is 18.5 Å². The van der Waals surface area contributed by atoms with E-state index in [0.29, 0.717) is 12.6 Å². The van der Waals surface area contributed by atoms with Crippen LogP contribution in [0.25, 0.3) is 0 Å². The Morgan fingerprint density at radius 1 is 1.50 bits per heavy atom. The topological polar surface area (TPSA) is 25.4 Å². The smallest absolute Gasteiger partial charge is 0.135 e. The van der Waals surface area contributed by atoms with Gasteiger partial charge < -0.3 is 9.64 Å². The maximum absolute atomic E-state index is 5.50. The van der Waals surface area contributed by atoms with E-state index in [2.05, 4.69) is 22.9 Å². The molecule has 1 aliphatic heterocycles. The van der Waals surface area contributed by atoms with Crippen molar-refractivity contribution in [2.75, 3.05) is 11.5 Å². The predicted molar refractivity (Wildman–Crippen MR) is 65.0 cm³/mol. The highest BCUT2D eigenvalue weighted by molar-refractivity contribution is 5.51. The van der Waals surface area contributed by atoms with Crippen LogP contribution in [0.2, 0.25) is 0 Å². The summed E-state index contributed by atoms with van der Waals surface area (Å²) in [6, 6.07) is 4.31. The van der Waals surface area contributed by atoms with Crippen molar-refractivity contribution < 1.29 is 4.74 Å². The maximum Gasteiger partial charge on any atom is 0.135 e. The third-order valence-corrected chi connectivity index (χ3v) is 2.50. The second-order valence-corrected chi connectivity index (χ2v) is 3.68. The van der Waals surface area contributed by atoms with Gasteiger partial charge in [-0.1, -0.05) is 6.08 Å². The predicted octanol–water partition coefficient (Wildman–Crippen LogP) is 2.72. The minimum absolute atomic E-state index is 0.327. The first-order chi connectivity index (χ1) is 7.81. The largest absolute Gasteiger partial charge is 0.492 e. The first-order valence-corrected chi connectivity index (χ1v) is 5.52. The van der Waals surface area contributed by atoms with Gasteiger partial charge in [-0.15, -0.1) is 0 Å². The minimum atomic E-state index is 0.327. The normalized spacial score (nSPS) is 19.5. The lowest BCUT2D eigenvalue weighted by Gasteiger charge is -2.28. The summed E-state index contributed by atoms with van der Waals surface area (Å²) in [5.41, 5.74) is 1.08. The Bertz CT molecular complexity index is 398. The van der Waals surface area contributed by atoms with E-state index in [4.69, 9.17) is 4.74 Å². The number of hydrogen-bond acceptors (Lipinski definition) is 3. The molecule has 0 saturated heterocycles. The molecule has 1 unspecified atom stereocenters. The molecule has 1 aromatic heterocycles. The quantitative estimate of drug-likeness (QED) is 0.776. The summed E-state index contributed by atoms with van der Waals surface area (Å²) in [5.74, 6) is 0.893. The van der Waals surface area contributed by atoms with Gasteiger partial charge in [0.25, 0.3) is 0 Å². The first-order valence-electron chi connectivity index (χ1n) is 5.52. The molecule has 0 radical (unpaired) electrons. The number of aromatic nitrogens is 1. The summed E-state index contributed by atoms with van der Waals surface area (Å²) in [5, 5.41) is 0. The zero-order chi connectivity index (χ0) is 11.4. The molecular formula is C13H16N2O. The third kappa shape index (κ3) is 2.24. The van der Waals surface area contributed by atoms with E-state index in [9.17, 15) is 0 Å². The van der Waals surface area contributed by atoms with Gasteiger partial charge in [-0.2, -0.15) is 0 Å². The molecule has 16 heavy (non-hydrogen) atoms. The zero-order valence-corrected chi connectivity index (χ0v) is 9.63. The summed E-state index contributed by atoms with van der Waals surface area (Å²) in [6.07, 6.45) is 9.79. The van der Waals surface area contributed by atoms with Crippen molar-refractivity contribution in [2.45, 2.75) is 19.9 Å². The van der Waals surface area contributed by atoms with Gasteiger partial charge in [0, 0.05) is 18.4 Å². The second kappa shape index (κ2) is 4.84. The molecule has 84 valence electrons. The average Bonchev–Trinajstić information content (AvgIpc) is 2.33. The van der Waals surface area contributed by atoms with Crippen LogP contribution in [0.15, 0.2) is 48.6 Å². The lowest BCUT2D eigenvalue weighted by Crippen LogP contribution is -2.29. The fourth-order valence-electron chi connectivity index (χ4n) is 1.69. The van der Waals surface area contributed by atoms with Crippen molar-refractivity contribution in [3.63, 3.8) is 0 Å². The van der Waals surface area contributed by atoms with E-state index in [1.165, 1.54) is 0 Å². The molecule has 1 aromatic rings. The molecule has 0 amide bonds. The Kier molecular flexibility index (Phi) is 3.25. The van der Waals surface area contributed by atoms with Crippen LogP contribution in [0.4, 0.5) is 5.69 Å². The van der Waals surface area contributed by atoms with E-state index in [1.54, 1.807) is 6.20 Å². The van der Waals surface area contributed by atoms with Crippen LogP contribution in [0, 0.1) is 0 Å². The molecule has 0 aromatic carbocycles. The van der Waals surface area contributed by atoms with Gasteiger partial charge in [-0.3, -0.25) is 4.98 Å². The van der Waals surface area contributed by atoms with E-state index in [-0.39, 0.29) is 0 Å². The molecule has 2 heterocycles. The van der Waals surface area contributed by atoms with Crippen molar-refractivity contribution in [3.05, 3.63) is 48.6 Å². The van der Waals surface area contributed by atoms with Crippen molar-refractivity contribution in [1.82, 2.24) is 4.98 Å². The Balaban J connectivity index is 2.23. The molecule has 0 aliphatic carbocycles. The Hall–Kier alpha value is -1.77. The third-order valence-electron chi connectivity index (χ3n) is 2.50. The lowest BCUT2D eigenvalue weighted by atomic mass is 10.2. The van der Waals surface area contributed by atoms with E-state index in [1.807, 2.05) is 37.5 Å². The fourth-order valence-corrected chi connectivity index (χ4v) is 1.69. The Morgan fingerprint density at radius 2 is 2.38 bits per heavy atom. The maximum atomic E-state index is 5.50. The van der Waals surface area contributed by atoms with E-state index >= 15 is 0 Å². The Labute approximate surface area is 96.1 Å². The summed E-state index contributed by atoms with van der Waals surface area (Å²) in [6.45, 7) is 4.81. The van der Waals surface area contributed by atoms with Crippen molar-refractivity contribution in [3.8, 4) is 0 Å². The zero-order valence-electron chi connectivity index (χ0n) is 9.63. The number of nitrogens with zero attached hydrogens (tertiary/aromatic N) is 2. The van der Waals surface area contributed by atoms with Crippen LogP contribution in [-0.4, -0.2) is 17.6 Å². The fraction of sp³-hybridized carbons (Fsp3) is 0.308. The van der Waals surface area contributed by atoms with Gasteiger partial charge >= 0.3 is 0 Å². The molecule has 0 N–H and O–H groups in total. The highest BCUT2D eigenvalue weighted by Crippen LogP contribution is 2.21. The second-order valence-electron chi connectivity index (χ2n) is 3.68. The van der Waals surface area contributed by atoms with Crippen molar-refractivity contribution >= 4 is 5.69 Å². The van der Waals surface area contributed by atoms with Crippen molar-refractivity contribution in [2.24, 2.45) is 0 Å². The van der Waals surface area contributed by atoms with Crippen LogP contribution in [0.5, 0.6) is 0 Å². The van der Waals surface area contributed by atoms with Crippen LogP contribution < -0.4 is 4.90 Å². The number of allylic oxidation sites excluding steroid dienone is 1. The van der Waals surface area contributed by atoms with Crippen LogP contribution >= 0.6 is 0 Å². The van der Waals surface area contributed by atoms with Gasteiger partial charge in [-0.05, 0) is 32.1 Å². The van der Waals surface area contributed by atoms with Gasteiger partial charge in [0.1, 0.15) is 5.76 Å². The Morgan fingerprint density at radius 3 is 3.06 bits per heavy atom. The summed E-state index contributed by atoms with van der Waals surface area (Å²) in [7, 11) is 0. The monoisotopic (exact) mass is 216 g/mol. The molecule has 3 nitrogen and oxygen atoms in total. The van der Waals surface area contributed by atoms with Crippen LogP contribution in [0.3, 0.4) is 0 Å². The average molecular weight is 216 g/mol. The highest BCUT2D eigenvalue weighted by Gasteiger charge is 2.14. The highest BCUT2D eigenvalue weighted by atomic mass is 16.5. The number of pyridine rings is 1. The summed E-state index contributed by atoms with van der Waals surface area (Å²) in [4.78, 5) is 6.28. The van der Waals surface area contributed by atoms with Crippen molar-refractivity contribution in [1.29, 1.82) is 0 Å². The minimum Gasteiger partial charge on any atom is -0.492 e. The standard InChI is InChI=1S/C13H16N2O/c1-3-16-13-7-6-11(2)15(10-13)12-5-4-8-14-9-12/h4-11H,3H2,1-2H3. The van der Waals surface area contributed by atoms with Crippen LogP contribution in [0.1, 0.15) is 13.8 Å². The number of rotatable bonds is 3. The number of ether oxygens (including phenoxy) is 1. The SMILES string of the molecule is CCOC1=CN(c2cccnc2)C(C)C=C1. The molecule has 0 spiro atoms. The molecule has 1 atom stereocenters. The molecule has 0 bridgehead atoms. The van der Waals surface area contributed by atoms with E-state index < -0.39 is 0 Å². The molecule has 0 saturated carbocycles. The summed E-state index contributed by atoms with van der Waals surface area (Å²) >= 11 is 0. The molecule has 0 fully saturated rings. The van der Waals surface area contributed by atoms with Crippen LogP contribution in [-0.2, 0) is 4.74 Å². The molecule has 2 rings (SSSR count). The number of hydrogen-bond donors (Lipinski definition) is 0. The number of anilines is 1. The van der Waals surface area contributed by atoms with E-state index in [0.717, 1.165) is 11.4 Å². The first kappa shape index (κ1) is 10.7. The molecule has 3 heteroatoms. The lowest BCUT2D eigenvalue weighted by molar-refractivity contribution is 0.240. The van der Waals surface area contributed by atoms with Gasteiger partial charge in [0.2, 0.25) is 0 Å². The summed E-state index contributed by atoms with van der Waals surface area (Å²) < 4.78 is 5.50. The van der Waals surface area contributed by atoms with Gasteiger partial charge in [0.15, 0.2) is 0 Å². The van der Waals surface area contributed by atoms with Gasteiger partial charge in [-0.25, -0.2) is 0 Å². The molecule has 1 aliphatic rings.